The predicted molar refractivity (Wildman–Crippen MR) is 81.2 cm³/mol. The summed E-state index contributed by atoms with van der Waals surface area (Å²) in [6.07, 6.45) is -2.74. The van der Waals surface area contributed by atoms with Gasteiger partial charge >= 0.3 is 12.2 Å². The number of carbonyl (C=O) groups is 2. The molecule has 0 unspecified atom stereocenters. The van der Waals surface area contributed by atoms with E-state index in [4.69, 9.17) is 11.6 Å². The smallest absolute Gasteiger partial charge is 0.422 e. The molecule has 1 aromatic carbocycles. The third-order valence-electron chi connectivity index (χ3n) is 2.94. The Balaban J connectivity index is 1.88. The zero-order chi connectivity index (χ0) is 17.7. The van der Waals surface area contributed by atoms with Crippen molar-refractivity contribution in [3.63, 3.8) is 0 Å². The molecule has 2 rings (SSSR count). The summed E-state index contributed by atoms with van der Waals surface area (Å²) >= 11 is 5.79. The Kier molecular flexibility index (Phi) is 5.76. The molecular weight excluding hydrogens is 351 g/mol. The minimum absolute atomic E-state index is 0.0982. The number of nitrogens with one attached hydrogen (secondary N) is 3. The van der Waals surface area contributed by atoms with E-state index in [-0.39, 0.29) is 29.0 Å². The molecule has 1 aliphatic carbocycles. The van der Waals surface area contributed by atoms with Gasteiger partial charge in [0.25, 0.3) is 0 Å². The highest BCUT2D eigenvalue weighted by Gasteiger charge is 2.29. The van der Waals surface area contributed by atoms with E-state index in [1.54, 1.807) is 0 Å². The van der Waals surface area contributed by atoms with Crippen LogP contribution in [0.1, 0.15) is 12.8 Å². The van der Waals surface area contributed by atoms with Crippen molar-refractivity contribution in [2.24, 2.45) is 0 Å². The number of alkyl halides is 3. The molecule has 1 aromatic rings. The minimum atomic E-state index is -4.49. The highest BCUT2D eigenvalue weighted by Crippen LogP contribution is 2.29. The first-order valence-electron chi connectivity index (χ1n) is 7.06. The summed E-state index contributed by atoms with van der Waals surface area (Å²) in [7, 11) is 0. The second-order valence-corrected chi connectivity index (χ2v) is 5.63. The molecule has 0 spiro atoms. The fourth-order valence-corrected chi connectivity index (χ4v) is 1.89. The van der Waals surface area contributed by atoms with Gasteiger partial charge in [0.2, 0.25) is 5.91 Å². The molecule has 0 aromatic heterocycles. The number of hydrogen-bond acceptors (Lipinski definition) is 4. The van der Waals surface area contributed by atoms with Crippen LogP contribution in [-0.2, 0) is 4.79 Å². The van der Waals surface area contributed by atoms with E-state index in [0.29, 0.717) is 0 Å². The first-order valence-corrected chi connectivity index (χ1v) is 7.44. The van der Waals surface area contributed by atoms with Gasteiger partial charge in [-0.1, -0.05) is 11.6 Å². The lowest BCUT2D eigenvalue weighted by Gasteiger charge is -2.14. The zero-order valence-corrected chi connectivity index (χ0v) is 13.1. The largest absolute Gasteiger partial charge is 0.482 e. The summed E-state index contributed by atoms with van der Waals surface area (Å²) in [4.78, 5) is 23.1. The summed E-state index contributed by atoms with van der Waals surface area (Å²) in [5.41, 5.74) is 0.115. The molecule has 0 aliphatic heterocycles. The molecule has 0 radical (unpaired) electrons. The van der Waals surface area contributed by atoms with Gasteiger partial charge in [0, 0.05) is 11.1 Å². The molecule has 24 heavy (non-hydrogen) atoms. The third kappa shape index (κ3) is 6.53. The number of carbonyl (C=O) groups excluding carboxylic acids is 2. The van der Waals surface area contributed by atoms with Crippen LogP contribution >= 0.6 is 11.6 Å². The van der Waals surface area contributed by atoms with Gasteiger partial charge in [0.15, 0.2) is 6.61 Å². The normalized spacial score (nSPS) is 14.0. The second-order valence-electron chi connectivity index (χ2n) is 5.19. The molecule has 3 N–H and O–H groups in total. The van der Waals surface area contributed by atoms with Gasteiger partial charge in [-0.3, -0.25) is 10.1 Å². The van der Waals surface area contributed by atoms with Crippen LogP contribution in [0.2, 0.25) is 5.02 Å². The van der Waals surface area contributed by atoms with Crippen LogP contribution in [0.25, 0.3) is 0 Å². The number of urea groups is 1. The van der Waals surface area contributed by atoms with E-state index in [0.717, 1.165) is 12.8 Å². The lowest BCUT2D eigenvalue weighted by Crippen LogP contribution is -2.42. The Hall–Kier alpha value is -2.16. The van der Waals surface area contributed by atoms with Crippen molar-refractivity contribution >= 4 is 29.2 Å². The molecule has 6 nitrogen and oxygen atoms in total. The van der Waals surface area contributed by atoms with E-state index in [1.165, 1.54) is 18.2 Å². The Morgan fingerprint density at radius 2 is 2.00 bits per heavy atom. The summed E-state index contributed by atoms with van der Waals surface area (Å²) < 4.78 is 41.4. The van der Waals surface area contributed by atoms with Crippen molar-refractivity contribution in [3.05, 3.63) is 23.2 Å². The van der Waals surface area contributed by atoms with Crippen molar-refractivity contribution in [1.29, 1.82) is 0 Å². The van der Waals surface area contributed by atoms with Crippen LogP contribution in [0.5, 0.6) is 5.75 Å². The summed E-state index contributed by atoms with van der Waals surface area (Å²) in [5.74, 6) is -0.748. The number of imide groups is 1. The molecule has 10 heteroatoms. The molecule has 0 saturated heterocycles. The lowest BCUT2D eigenvalue weighted by atomic mass is 10.3. The molecule has 1 saturated carbocycles. The Labute approximate surface area is 140 Å². The van der Waals surface area contributed by atoms with Gasteiger partial charge in [-0.15, -0.1) is 0 Å². The Bertz CT molecular complexity index is 621. The van der Waals surface area contributed by atoms with E-state index < -0.39 is 24.7 Å². The molecule has 1 fully saturated rings. The number of anilines is 1. The number of hydrogen-bond donors (Lipinski definition) is 3. The molecule has 0 heterocycles. The number of rotatable bonds is 6. The van der Waals surface area contributed by atoms with Crippen molar-refractivity contribution < 1.29 is 27.5 Å². The second kappa shape index (κ2) is 7.61. The van der Waals surface area contributed by atoms with Crippen LogP contribution in [0, 0.1) is 0 Å². The highest BCUT2D eigenvalue weighted by molar-refractivity contribution is 6.30. The lowest BCUT2D eigenvalue weighted by molar-refractivity contribution is -0.153. The third-order valence-corrected chi connectivity index (χ3v) is 3.17. The number of benzene rings is 1. The Morgan fingerprint density at radius 3 is 2.62 bits per heavy atom. The van der Waals surface area contributed by atoms with Gasteiger partial charge in [0.1, 0.15) is 5.75 Å². The fourth-order valence-electron chi connectivity index (χ4n) is 1.72. The van der Waals surface area contributed by atoms with Gasteiger partial charge < -0.3 is 15.4 Å². The zero-order valence-electron chi connectivity index (χ0n) is 12.4. The van der Waals surface area contributed by atoms with Crippen LogP contribution in [0.4, 0.5) is 23.7 Å². The quantitative estimate of drug-likeness (QED) is 0.724. The maximum absolute atomic E-state index is 12.2. The van der Waals surface area contributed by atoms with Crippen LogP contribution in [0.15, 0.2) is 18.2 Å². The number of amides is 3. The van der Waals surface area contributed by atoms with Crippen LogP contribution < -0.4 is 20.7 Å². The number of ether oxygens (including phenoxy) is 1. The fraction of sp³-hybridized carbons (Fsp3) is 0.429. The molecule has 3 amide bonds. The van der Waals surface area contributed by atoms with Gasteiger partial charge in [-0.05, 0) is 31.0 Å². The topological polar surface area (TPSA) is 79.5 Å². The summed E-state index contributed by atoms with van der Waals surface area (Å²) in [5, 5.41) is 7.53. The SMILES string of the molecule is O=C(CNc1cc(Cl)ccc1OCC(F)(F)F)NC(=O)NC1CC1. The van der Waals surface area contributed by atoms with E-state index in [9.17, 15) is 22.8 Å². The van der Waals surface area contributed by atoms with Crippen molar-refractivity contribution in [2.75, 3.05) is 18.5 Å². The molecule has 132 valence electrons. The van der Waals surface area contributed by atoms with Crippen molar-refractivity contribution in [1.82, 2.24) is 10.6 Å². The maximum atomic E-state index is 12.2. The highest BCUT2D eigenvalue weighted by atomic mass is 35.5. The van der Waals surface area contributed by atoms with E-state index >= 15 is 0 Å². The molecular formula is C14H15ClF3N3O3. The average molecular weight is 366 g/mol. The van der Waals surface area contributed by atoms with Gasteiger partial charge in [-0.25, -0.2) is 4.79 Å². The monoisotopic (exact) mass is 365 g/mol. The van der Waals surface area contributed by atoms with Crippen molar-refractivity contribution in [2.45, 2.75) is 25.1 Å². The predicted octanol–water partition coefficient (Wildman–Crippen LogP) is 2.68. The summed E-state index contributed by atoms with van der Waals surface area (Å²) in [6, 6.07) is 3.44. The number of halogens is 4. The molecule has 0 atom stereocenters. The first-order chi connectivity index (χ1) is 11.2. The standard InChI is InChI=1S/C14H15ClF3N3O3/c15-8-1-4-11(24-7-14(16,17)18)10(5-8)19-6-12(22)21-13(23)20-9-2-3-9/h1,4-5,9,19H,2-3,6-7H2,(H2,20,21,22,23). The summed E-state index contributed by atoms with van der Waals surface area (Å²) in [6.45, 7) is -1.81. The van der Waals surface area contributed by atoms with Crippen molar-refractivity contribution in [3.8, 4) is 5.75 Å². The molecule has 0 bridgehead atoms. The van der Waals surface area contributed by atoms with Crippen LogP contribution in [-0.4, -0.2) is 37.3 Å². The van der Waals surface area contributed by atoms with E-state index in [1.807, 2.05) is 0 Å². The van der Waals surface area contributed by atoms with Gasteiger partial charge in [0.05, 0.1) is 12.2 Å². The van der Waals surface area contributed by atoms with Gasteiger partial charge in [-0.2, -0.15) is 13.2 Å². The van der Waals surface area contributed by atoms with E-state index in [2.05, 4.69) is 20.7 Å². The Morgan fingerprint density at radius 1 is 1.29 bits per heavy atom. The minimum Gasteiger partial charge on any atom is -0.482 e. The first kappa shape index (κ1) is 18.2. The average Bonchev–Trinajstić information content (AvgIpc) is 3.26. The maximum Gasteiger partial charge on any atom is 0.422 e. The van der Waals surface area contributed by atoms with Crippen LogP contribution in [0.3, 0.4) is 0 Å². The molecule has 1 aliphatic rings.